The molecule has 4 rings (SSSR count). The van der Waals surface area contributed by atoms with Gasteiger partial charge in [0.05, 0.1) is 42.0 Å². The molecule has 0 saturated carbocycles. The Balaban J connectivity index is 1.52. The Kier molecular flexibility index (Phi) is 6.80. The number of hydrogen-bond donors (Lipinski definition) is 0. The van der Waals surface area contributed by atoms with Gasteiger partial charge in [-0.25, -0.2) is 18.4 Å². The third-order valence-corrected chi connectivity index (χ3v) is 8.66. The first-order valence-corrected chi connectivity index (χ1v) is 13.2. The summed E-state index contributed by atoms with van der Waals surface area (Å²) in [5.74, 6) is 0.855. The van der Waals surface area contributed by atoms with E-state index in [0.29, 0.717) is 26.2 Å². The number of amides is 1. The number of benzene rings is 1. The van der Waals surface area contributed by atoms with E-state index in [1.165, 1.54) is 11.8 Å². The van der Waals surface area contributed by atoms with Gasteiger partial charge < -0.3 is 9.64 Å². The fourth-order valence-corrected chi connectivity index (χ4v) is 6.81. The third-order valence-electron chi connectivity index (χ3n) is 5.82. The van der Waals surface area contributed by atoms with Crippen molar-refractivity contribution in [2.75, 3.05) is 44.9 Å². The zero-order valence-electron chi connectivity index (χ0n) is 17.9. The van der Waals surface area contributed by atoms with Gasteiger partial charge in [0.1, 0.15) is 10.9 Å². The van der Waals surface area contributed by atoms with Crippen LogP contribution in [0.1, 0.15) is 19.2 Å². The molecule has 0 unspecified atom stereocenters. The Morgan fingerprint density at radius 3 is 2.74 bits per heavy atom. The first-order chi connectivity index (χ1) is 14.8. The molecule has 2 atom stereocenters. The average Bonchev–Trinajstić information content (AvgIpc) is 3.13. The number of fused-ring (bicyclic) bond motifs is 1. The van der Waals surface area contributed by atoms with Crippen molar-refractivity contribution in [2.45, 2.75) is 36.2 Å². The topological polar surface area (TPSA) is 92.7 Å². The lowest BCUT2D eigenvalue weighted by Crippen LogP contribution is -2.41. The van der Waals surface area contributed by atoms with E-state index in [9.17, 15) is 13.2 Å². The number of carbonyl (C=O) groups is 1. The molecule has 0 radical (unpaired) electrons. The molecule has 31 heavy (non-hydrogen) atoms. The van der Waals surface area contributed by atoms with E-state index in [-0.39, 0.29) is 28.7 Å². The van der Waals surface area contributed by atoms with Crippen molar-refractivity contribution in [2.24, 2.45) is 0 Å². The van der Waals surface area contributed by atoms with E-state index >= 15 is 0 Å². The van der Waals surface area contributed by atoms with Gasteiger partial charge in [-0.05, 0) is 19.4 Å². The van der Waals surface area contributed by atoms with Crippen molar-refractivity contribution in [1.82, 2.24) is 19.8 Å². The Morgan fingerprint density at radius 1 is 1.29 bits per heavy atom. The van der Waals surface area contributed by atoms with E-state index in [1.807, 2.05) is 31.2 Å². The lowest BCUT2D eigenvalue weighted by atomic mass is 10.2. The number of morpholine rings is 1. The summed E-state index contributed by atoms with van der Waals surface area (Å²) in [6.07, 6.45) is 0.502. The van der Waals surface area contributed by atoms with Crippen LogP contribution in [0.25, 0.3) is 10.9 Å². The van der Waals surface area contributed by atoms with E-state index in [1.54, 1.807) is 11.9 Å². The monoisotopic (exact) mass is 464 g/mol. The minimum absolute atomic E-state index is 0.0484. The quantitative estimate of drug-likeness (QED) is 0.470. The van der Waals surface area contributed by atoms with Crippen LogP contribution in [0.2, 0.25) is 0 Å². The molecule has 168 valence electrons. The summed E-state index contributed by atoms with van der Waals surface area (Å²) >= 11 is 1.41. The standard InChI is InChI=1S/C21H28N4O4S2/c1-15(21(26)24(2)16-7-12-31(27,28)14-16)30-20-17-5-3-4-6-18(17)22-19(23-20)13-25-8-10-29-11-9-25/h3-6,15-16H,7-14H2,1-2H3/t15-,16-/m0/s1. The number of hydrogen-bond acceptors (Lipinski definition) is 8. The number of aromatic nitrogens is 2. The minimum Gasteiger partial charge on any atom is -0.379 e. The molecule has 0 aliphatic carbocycles. The van der Waals surface area contributed by atoms with Gasteiger partial charge in [-0.2, -0.15) is 0 Å². The van der Waals surface area contributed by atoms with Crippen molar-refractivity contribution in [3.05, 3.63) is 30.1 Å². The van der Waals surface area contributed by atoms with Crippen LogP contribution in [0.15, 0.2) is 29.3 Å². The molecular weight excluding hydrogens is 436 g/mol. The summed E-state index contributed by atoms with van der Waals surface area (Å²) in [6, 6.07) is 7.58. The van der Waals surface area contributed by atoms with Crippen molar-refractivity contribution in [3.63, 3.8) is 0 Å². The number of sulfone groups is 1. The van der Waals surface area contributed by atoms with Crippen molar-refractivity contribution in [1.29, 1.82) is 0 Å². The van der Waals surface area contributed by atoms with Crippen LogP contribution in [0.4, 0.5) is 0 Å². The zero-order chi connectivity index (χ0) is 22.0. The number of thioether (sulfide) groups is 1. The van der Waals surface area contributed by atoms with Gasteiger partial charge >= 0.3 is 0 Å². The average molecular weight is 465 g/mol. The number of nitrogens with zero attached hydrogens (tertiary/aromatic N) is 4. The first-order valence-electron chi connectivity index (χ1n) is 10.5. The van der Waals surface area contributed by atoms with E-state index in [0.717, 1.165) is 34.8 Å². The highest BCUT2D eigenvalue weighted by molar-refractivity contribution is 8.00. The van der Waals surface area contributed by atoms with Gasteiger partial charge in [0, 0.05) is 31.6 Å². The Bertz CT molecular complexity index is 1060. The molecule has 8 nitrogen and oxygen atoms in total. The highest BCUT2D eigenvalue weighted by atomic mass is 32.2. The molecule has 2 aliphatic heterocycles. The van der Waals surface area contributed by atoms with Crippen LogP contribution in [0, 0.1) is 0 Å². The maximum absolute atomic E-state index is 13.0. The first kappa shape index (κ1) is 22.4. The lowest BCUT2D eigenvalue weighted by Gasteiger charge is -2.27. The molecule has 2 aromatic rings. The Hall–Kier alpha value is -1.75. The van der Waals surface area contributed by atoms with Crippen LogP contribution < -0.4 is 0 Å². The van der Waals surface area contributed by atoms with Gasteiger partial charge in [-0.3, -0.25) is 9.69 Å². The maximum Gasteiger partial charge on any atom is 0.235 e. The zero-order valence-corrected chi connectivity index (χ0v) is 19.5. The molecule has 0 spiro atoms. The predicted molar refractivity (Wildman–Crippen MR) is 121 cm³/mol. The number of rotatable bonds is 6. The van der Waals surface area contributed by atoms with Gasteiger partial charge in [-0.15, -0.1) is 0 Å². The highest BCUT2D eigenvalue weighted by Gasteiger charge is 2.34. The number of carbonyl (C=O) groups excluding carboxylic acids is 1. The van der Waals surface area contributed by atoms with E-state index in [2.05, 4.69) is 4.90 Å². The molecule has 2 aliphatic rings. The fourth-order valence-electron chi connectivity index (χ4n) is 3.98. The molecule has 0 N–H and O–H groups in total. The van der Waals surface area contributed by atoms with E-state index < -0.39 is 9.84 Å². The van der Waals surface area contributed by atoms with Gasteiger partial charge in [0.25, 0.3) is 0 Å². The second-order valence-electron chi connectivity index (χ2n) is 8.12. The summed E-state index contributed by atoms with van der Waals surface area (Å²) in [5.41, 5.74) is 0.859. The van der Waals surface area contributed by atoms with Crippen LogP contribution in [-0.4, -0.2) is 90.2 Å². The molecule has 0 bridgehead atoms. The second kappa shape index (κ2) is 9.40. The number of para-hydroxylation sites is 1. The fraction of sp³-hybridized carbons (Fsp3) is 0.571. The molecule has 1 aromatic carbocycles. The lowest BCUT2D eigenvalue weighted by molar-refractivity contribution is -0.130. The second-order valence-corrected chi connectivity index (χ2v) is 11.7. The van der Waals surface area contributed by atoms with Gasteiger partial charge in [0.2, 0.25) is 5.91 Å². The number of ether oxygens (including phenoxy) is 1. The van der Waals surface area contributed by atoms with Crippen LogP contribution in [0.3, 0.4) is 0 Å². The molecular formula is C21H28N4O4S2. The Morgan fingerprint density at radius 2 is 2.03 bits per heavy atom. The Labute approximate surface area is 187 Å². The summed E-state index contributed by atoms with van der Waals surface area (Å²) in [5, 5.41) is 1.31. The SMILES string of the molecule is C[C@H](Sc1nc(CN2CCOCC2)nc2ccccc12)C(=O)N(C)[C@H]1CCS(=O)(=O)C1. The summed E-state index contributed by atoms with van der Waals surface area (Å²) in [7, 11) is -1.34. The van der Waals surface area contributed by atoms with Crippen molar-refractivity contribution < 1.29 is 17.9 Å². The molecule has 3 heterocycles. The molecule has 10 heteroatoms. The van der Waals surface area contributed by atoms with Crippen molar-refractivity contribution in [3.8, 4) is 0 Å². The van der Waals surface area contributed by atoms with Gasteiger partial charge in [-0.1, -0.05) is 30.0 Å². The summed E-state index contributed by atoms with van der Waals surface area (Å²) in [6.45, 7) is 5.62. The largest absolute Gasteiger partial charge is 0.379 e. The van der Waals surface area contributed by atoms with Crippen LogP contribution >= 0.6 is 11.8 Å². The summed E-state index contributed by atoms with van der Waals surface area (Å²) < 4.78 is 29.0. The van der Waals surface area contributed by atoms with Crippen LogP contribution in [0.5, 0.6) is 0 Å². The van der Waals surface area contributed by atoms with Crippen molar-refractivity contribution >= 4 is 38.4 Å². The normalized spacial score (nSPS) is 22.5. The van der Waals surface area contributed by atoms with Gasteiger partial charge in [0.15, 0.2) is 9.84 Å². The minimum atomic E-state index is -3.04. The molecule has 1 aromatic heterocycles. The smallest absolute Gasteiger partial charge is 0.235 e. The highest BCUT2D eigenvalue weighted by Crippen LogP contribution is 2.30. The third kappa shape index (κ3) is 5.36. The summed E-state index contributed by atoms with van der Waals surface area (Å²) in [4.78, 5) is 26.4. The molecule has 2 fully saturated rings. The predicted octanol–water partition coefficient (Wildman–Crippen LogP) is 1.59. The maximum atomic E-state index is 13.0. The van der Waals surface area contributed by atoms with E-state index in [4.69, 9.17) is 14.7 Å². The molecule has 1 amide bonds. The molecule has 2 saturated heterocycles. The van der Waals surface area contributed by atoms with Crippen LogP contribution in [-0.2, 0) is 25.9 Å².